The van der Waals surface area contributed by atoms with Crippen LogP contribution in [0.4, 0.5) is 0 Å². The highest BCUT2D eigenvalue weighted by Crippen LogP contribution is 2.32. The number of nitrogens with zero attached hydrogens (tertiary/aromatic N) is 2. The quantitative estimate of drug-likeness (QED) is 0.229. The number of nitrogens with one attached hydrogen (secondary N) is 2. The first-order chi connectivity index (χ1) is 14.7. The lowest BCUT2D eigenvalue weighted by atomic mass is 9.98. The van der Waals surface area contributed by atoms with Gasteiger partial charge in [0, 0.05) is 39.3 Å². The Morgan fingerprint density at radius 1 is 0.600 bits per heavy atom. The molecule has 0 amide bonds. The van der Waals surface area contributed by atoms with Crippen molar-refractivity contribution in [3.8, 4) is 0 Å². The summed E-state index contributed by atoms with van der Waals surface area (Å²) in [6, 6.07) is 0. The van der Waals surface area contributed by atoms with Crippen molar-refractivity contribution in [2.45, 2.75) is 78.1 Å². The second-order valence-corrected chi connectivity index (χ2v) is 8.76. The topological polar surface area (TPSA) is 64.2 Å². The van der Waals surface area contributed by atoms with Crippen molar-refractivity contribution in [1.29, 1.82) is 0 Å². The molecule has 2 fully saturated rings. The molecule has 3 rings (SSSR count). The van der Waals surface area contributed by atoms with Gasteiger partial charge in [-0.3, -0.25) is 9.59 Å². The summed E-state index contributed by atoms with van der Waals surface area (Å²) in [4.78, 5) is 30.9. The molecule has 0 aromatic carbocycles. The van der Waals surface area contributed by atoms with Gasteiger partial charge in [0.25, 0.3) is 0 Å². The van der Waals surface area contributed by atoms with Gasteiger partial charge in [0.1, 0.15) is 22.8 Å². The minimum absolute atomic E-state index is 0.00367. The lowest BCUT2D eigenvalue weighted by Gasteiger charge is -2.26. The lowest BCUT2D eigenvalue weighted by Crippen LogP contribution is -2.40. The first kappa shape index (κ1) is 22.7. The second kappa shape index (κ2) is 11.4. The molecule has 0 aromatic heterocycles. The Morgan fingerprint density at radius 2 is 0.967 bits per heavy atom. The summed E-state index contributed by atoms with van der Waals surface area (Å²) in [5.74, 6) is -0.00733. The molecule has 2 heterocycles. The lowest BCUT2D eigenvalue weighted by molar-refractivity contribution is -0.118. The van der Waals surface area contributed by atoms with Crippen LogP contribution in [-0.4, -0.2) is 60.6 Å². The highest BCUT2D eigenvalue weighted by Gasteiger charge is 2.43. The summed E-state index contributed by atoms with van der Waals surface area (Å²) >= 11 is 0. The molecule has 2 aliphatic heterocycles. The predicted octanol–water partition coefficient (Wildman–Crippen LogP) is 3.31. The molecule has 0 bridgehead atoms. The van der Waals surface area contributed by atoms with E-state index in [-0.39, 0.29) is 11.6 Å². The Kier molecular flexibility index (Phi) is 8.64. The van der Waals surface area contributed by atoms with Gasteiger partial charge < -0.3 is 20.4 Å². The van der Waals surface area contributed by atoms with Gasteiger partial charge in [-0.05, 0) is 12.8 Å². The molecule has 2 saturated heterocycles. The van der Waals surface area contributed by atoms with Crippen molar-refractivity contribution in [3.63, 3.8) is 0 Å². The third-order valence-corrected chi connectivity index (χ3v) is 6.05. The van der Waals surface area contributed by atoms with Crippen molar-refractivity contribution >= 4 is 11.6 Å². The average Bonchev–Trinajstić information content (AvgIpc) is 3.63. The van der Waals surface area contributed by atoms with Crippen LogP contribution in [-0.2, 0) is 9.59 Å². The molecule has 3 aliphatic rings. The molecule has 6 heteroatoms. The fraction of sp³-hybridized carbons (Fsp3) is 0.750. The van der Waals surface area contributed by atoms with Crippen LogP contribution in [0, 0.1) is 0 Å². The summed E-state index contributed by atoms with van der Waals surface area (Å²) in [5, 5.41) is 6.71. The standard InChI is InChI=1S/C24H40N4O2/c1-3-5-7-9-11-13-25-19-21(27-15-16-27)24(30)20(22(23(19)29)28-17-18-28)26-14-12-10-8-6-4-2/h25-26H,3-18H2,1-2H3. The first-order valence-electron chi connectivity index (χ1n) is 12.2. The Hall–Kier alpha value is -1.98. The van der Waals surface area contributed by atoms with Crippen molar-refractivity contribution in [2.24, 2.45) is 0 Å². The largest absolute Gasteiger partial charge is 0.380 e. The Labute approximate surface area is 182 Å². The average molecular weight is 417 g/mol. The minimum atomic E-state index is -0.00367. The third kappa shape index (κ3) is 6.02. The van der Waals surface area contributed by atoms with E-state index in [2.05, 4.69) is 24.5 Å². The molecule has 0 saturated carbocycles. The molecule has 30 heavy (non-hydrogen) atoms. The van der Waals surface area contributed by atoms with Crippen LogP contribution >= 0.6 is 0 Å². The van der Waals surface area contributed by atoms with E-state index in [0.717, 1.165) is 65.0 Å². The molecular formula is C24H40N4O2. The monoisotopic (exact) mass is 416 g/mol. The van der Waals surface area contributed by atoms with E-state index in [1.807, 2.05) is 9.80 Å². The summed E-state index contributed by atoms with van der Waals surface area (Å²) in [5.41, 5.74) is 2.24. The van der Waals surface area contributed by atoms with Crippen LogP contribution in [0.1, 0.15) is 78.1 Å². The fourth-order valence-electron chi connectivity index (χ4n) is 4.04. The smallest absolute Gasteiger partial charge is 0.229 e. The van der Waals surface area contributed by atoms with Gasteiger partial charge >= 0.3 is 0 Å². The molecule has 6 nitrogen and oxygen atoms in total. The third-order valence-electron chi connectivity index (χ3n) is 6.05. The van der Waals surface area contributed by atoms with Crippen LogP contribution in [0.2, 0.25) is 0 Å². The highest BCUT2D eigenvalue weighted by molar-refractivity contribution is 6.24. The van der Waals surface area contributed by atoms with Gasteiger partial charge in [0.15, 0.2) is 0 Å². The maximum Gasteiger partial charge on any atom is 0.229 e. The van der Waals surface area contributed by atoms with Crippen molar-refractivity contribution in [3.05, 3.63) is 22.8 Å². The van der Waals surface area contributed by atoms with Crippen LogP contribution in [0.5, 0.6) is 0 Å². The maximum absolute atomic E-state index is 13.4. The Bertz CT molecular complexity index is 617. The zero-order valence-corrected chi connectivity index (χ0v) is 19.0. The van der Waals surface area contributed by atoms with Crippen molar-refractivity contribution in [2.75, 3.05) is 39.3 Å². The number of ketones is 2. The molecule has 168 valence electrons. The Balaban J connectivity index is 1.65. The number of Topliss-reactive ketones (excluding diaryl/α,β-unsaturated/α-hetero) is 2. The van der Waals surface area contributed by atoms with Gasteiger partial charge in [0.05, 0.1) is 0 Å². The SMILES string of the molecule is CCCCCCCNC1=C(N2CC2)C(=O)C(NCCCCCCC)=C(N2CC2)C1=O. The van der Waals surface area contributed by atoms with Crippen molar-refractivity contribution in [1.82, 2.24) is 20.4 Å². The van der Waals surface area contributed by atoms with E-state index in [1.165, 1.54) is 38.5 Å². The molecular weight excluding hydrogens is 376 g/mol. The summed E-state index contributed by atoms with van der Waals surface area (Å²) in [6.07, 6.45) is 11.8. The fourth-order valence-corrected chi connectivity index (χ4v) is 4.04. The van der Waals surface area contributed by atoms with Gasteiger partial charge in [-0.25, -0.2) is 0 Å². The predicted molar refractivity (Wildman–Crippen MR) is 121 cm³/mol. The number of rotatable bonds is 16. The van der Waals surface area contributed by atoms with Gasteiger partial charge in [-0.2, -0.15) is 0 Å². The van der Waals surface area contributed by atoms with E-state index in [1.54, 1.807) is 0 Å². The van der Waals surface area contributed by atoms with Gasteiger partial charge in [-0.1, -0.05) is 65.2 Å². The highest BCUT2D eigenvalue weighted by atomic mass is 16.1. The van der Waals surface area contributed by atoms with E-state index in [4.69, 9.17) is 0 Å². The van der Waals surface area contributed by atoms with Gasteiger partial charge in [0.2, 0.25) is 11.6 Å². The number of carbonyl (C=O) groups excluding carboxylic acids is 2. The summed E-state index contributed by atoms with van der Waals surface area (Å²) < 4.78 is 0. The number of hydrogen-bond donors (Lipinski definition) is 2. The van der Waals surface area contributed by atoms with Crippen molar-refractivity contribution < 1.29 is 9.59 Å². The first-order valence-corrected chi connectivity index (χ1v) is 12.2. The molecule has 0 spiro atoms. The molecule has 0 aromatic rings. The number of hydrogen-bond acceptors (Lipinski definition) is 6. The van der Waals surface area contributed by atoms with E-state index >= 15 is 0 Å². The molecule has 0 unspecified atom stereocenters. The van der Waals surface area contributed by atoms with E-state index in [9.17, 15) is 9.59 Å². The van der Waals surface area contributed by atoms with Crippen LogP contribution < -0.4 is 10.6 Å². The summed E-state index contributed by atoms with van der Waals surface area (Å²) in [6.45, 7) is 9.37. The maximum atomic E-state index is 13.4. The molecule has 0 atom stereocenters. The Morgan fingerprint density at radius 3 is 1.30 bits per heavy atom. The van der Waals surface area contributed by atoms with Crippen LogP contribution in [0.25, 0.3) is 0 Å². The zero-order valence-electron chi connectivity index (χ0n) is 19.0. The van der Waals surface area contributed by atoms with E-state index < -0.39 is 0 Å². The number of unbranched alkanes of at least 4 members (excludes halogenated alkanes) is 8. The van der Waals surface area contributed by atoms with E-state index in [0.29, 0.717) is 22.8 Å². The molecule has 1 aliphatic carbocycles. The van der Waals surface area contributed by atoms with Crippen LogP contribution in [0.15, 0.2) is 22.8 Å². The number of carbonyl (C=O) groups is 2. The van der Waals surface area contributed by atoms with Gasteiger partial charge in [-0.15, -0.1) is 0 Å². The molecule has 0 radical (unpaired) electrons. The minimum Gasteiger partial charge on any atom is -0.380 e. The second-order valence-electron chi connectivity index (χ2n) is 8.76. The molecule has 2 N–H and O–H groups in total. The van der Waals surface area contributed by atoms with Crippen LogP contribution in [0.3, 0.4) is 0 Å². The zero-order chi connectivity index (χ0) is 21.3. The summed E-state index contributed by atoms with van der Waals surface area (Å²) in [7, 11) is 0. The normalized spacial score (nSPS) is 18.5.